The number of carbonyl (C=O) groups is 1. The number of carbonyl (C=O) groups excluding carboxylic acids is 1. The molecule has 0 bridgehead atoms. The molecule has 0 spiro atoms. The number of sulfonamides is 1. The van der Waals surface area contributed by atoms with Crippen LogP contribution in [0.15, 0.2) is 29.2 Å². The highest BCUT2D eigenvalue weighted by atomic mass is 32.2. The number of hydrogen-bond acceptors (Lipinski definition) is 6. The molecule has 1 saturated heterocycles. The van der Waals surface area contributed by atoms with Crippen LogP contribution < -0.4 is 4.72 Å². The van der Waals surface area contributed by atoms with E-state index in [4.69, 9.17) is 4.74 Å². The molecule has 1 aliphatic rings. The van der Waals surface area contributed by atoms with Crippen LogP contribution in [0, 0.1) is 0 Å². The molecule has 0 amide bonds. The predicted octanol–water partition coefficient (Wildman–Crippen LogP) is 0.717. The molecular weight excluding hydrogens is 342 g/mol. The van der Waals surface area contributed by atoms with Gasteiger partial charge in [-0.1, -0.05) is 0 Å². The molecule has 9 heteroatoms. The quantitative estimate of drug-likeness (QED) is 0.775. The molecule has 1 atom stereocenters. The van der Waals surface area contributed by atoms with Crippen LogP contribution in [0.3, 0.4) is 0 Å². The predicted molar refractivity (Wildman–Crippen MR) is 84.4 cm³/mol. The molecule has 23 heavy (non-hydrogen) atoms. The zero-order valence-electron chi connectivity index (χ0n) is 12.9. The van der Waals surface area contributed by atoms with Crippen molar-refractivity contribution in [2.24, 2.45) is 0 Å². The van der Waals surface area contributed by atoms with Gasteiger partial charge in [-0.05, 0) is 44.5 Å². The Balaban J connectivity index is 2.10. The van der Waals surface area contributed by atoms with Crippen LogP contribution in [-0.2, 0) is 24.6 Å². The third-order valence-corrected chi connectivity index (χ3v) is 6.60. The lowest BCUT2D eigenvalue weighted by Crippen LogP contribution is -2.35. The van der Waals surface area contributed by atoms with E-state index in [9.17, 15) is 21.6 Å². The van der Waals surface area contributed by atoms with Crippen LogP contribution in [0.2, 0.25) is 0 Å². The Labute approximate surface area is 136 Å². The van der Waals surface area contributed by atoms with Gasteiger partial charge in [0.2, 0.25) is 10.0 Å². The minimum atomic E-state index is -3.83. The standard InChI is InChI=1S/C14H19NO6S2/c1-10(2)21-14(16)11-3-5-13(6-4-11)23(19,20)15-12-7-8-22(17,18)9-12/h3-6,10,12,15H,7-9H2,1-2H3. The van der Waals surface area contributed by atoms with E-state index in [1.807, 2.05) is 0 Å². The first-order chi connectivity index (χ1) is 10.6. The summed E-state index contributed by atoms with van der Waals surface area (Å²) in [6.07, 6.45) is -0.00252. The smallest absolute Gasteiger partial charge is 0.338 e. The van der Waals surface area contributed by atoms with Crippen molar-refractivity contribution in [1.29, 1.82) is 0 Å². The Kier molecular flexibility index (Phi) is 5.12. The van der Waals surface area contributed by atoms with E-state index in [-0.39, 0.29) is 34.5 Å². The molecule has 1 aromatic carbocycles. The van der Waals surface area contributed by atoms with Crippen LogP contribution in [-0.4, -0.2) is 46.5 Å². The number of rotatable bonds is 5. The second-order valence-electron chi connectivity index (χ2n) is 5.70. The lowest BCUT2D eigenvalue weighted by Gasteiger charge is -2.12. The van der Waals surface area contributed by atoms with Gasteiger partial charge in [-0.15, -0.1) is 0 Å². The SMILES string of the molecule is CC(C)OC(=O)c1ccc(S(=O)(=O)NC2CCS(=O)(=O)C2)cc1. The van der Waals surface area contributed by atoms with Crippen molar-refractivity contribution < 1.29 is 26.4 Å². The highest BCUT2D eigenvalue weighted by Crippen LogP contribution is 2.17. The van der Waals surface area contributed by atoms with Crippen molar-refractivity contribution in [1.82, 2.24) is 4.72 Å². The van der Waals surface area contributed by atoms with Crippen LogP contribution in [0.1, 0.15) is 30.6 Å². The number of hydrogen-bond donors (Lipinski definition) is 1. The van der Waals surface area contributed by atoms with E-state index in [0.29, 0.717) is 0 Å². The fourth-order valence-corrected chi connectivity index (χ4v) is 5.28. The van der Waals surface area contributed by atoms with Crippen molar-refractivity contribution in [3.05, 3.63) is 29.8 Å². The first kappa shape index (κ1) is 17.9. The number of sulfone groups is 1. The zero-order valence-corrected chi connectivity index (χ0v) is 14.5. The summed E-state index contributed by atoms with van der Waals surface area (Å²) >= 11 is 0. The molecule has 1 aromatic rings. The lowest BCUT2D eigenvalue weighted by atomic mass is 10.2. The molecule has 2 rings (SSSR count). The average molecular weight is 361 g/mol. The van der Waals surface area contributed by atoms with Crippen molar-refractivity contribution in [2.45, 2.75) is 37.3 Å². The van der Waals surface area contributed by atoms with Crippen LogP contribution in [0.25, 0.3) is 0 Å². The zero-order chi connectivity index (χ0) is 17.3. The summed E-state index contributed by atoms with van der Waals surface area (Å²) in [5.41, 5.74) is 0.251. The van der Waals surface area contributed by atoms with Gasteiger partial charge in [0, 0.05) is 6.04 Å². The highest BCUT2D eigenvalue weighted by molar-refractivity contribution is 7.92. The Morgan fingerprint density at radius 1 is 1.26 bits per heavy atom. The van der Waals surface area contributed by atoms with Gasteiger partial charge < -0.3 is 4.74 Å². The van der Waals surface area contributed by atoms with E-state index in [2.05, 4.69) is 4.72 Å². The van der Waals surface area contributed by atoms with Crippen LogP contribution >= 0.6 is 0 Å². The lowest BCUT2D eigenvalue weighted by molar-refractivity contribution is 0.0377. The van der Waals surface area contributed by atoms with Crippen molar-refractivity contribution in [2.75, 3.05) is 11.5 Å². The Hall–Kier alpha value is -1.45. The summed E-state index contributed by atoms with van der Waals surface area (Å²) in [6.45, 7) is 3.44. The molecule has 1 aliphatic heterocycles. The van der Waals surface area contributed by atoms with Crippen LogP contribution in [0.5, 0.6) is 0 Å². The summed E-state index contributed by atoms with van der Waals surface area (Å²) in [6, 6.07) is 4.70. The molecule has 1 N–H and O–H groups in total. The maximum absolute atomic E-state index is 12.2. The topological polar surface area (TPSA) is 107 Å². The monoisotopic (exact) mass is 361 g/mol. The van der Waals surface area contributed by atoms with Gasteiger partial charge in [0.25, 0.3) is 0 Å². The second kappa shape index (κ2) is 6.58. The van der Waals surface area contributed by atoms with E-state index in [1.54, 1.807) is 13.8 Å². The molecule has 1 unspecified atom stereocenters. The van der Waals surface area contributed by atoms with E-state index in [0.717, 1.165) is 0 Å². The van der Waals surface area contributed by atoms with E-state index in [1.165, 1.54) is 24.3 Å². The Morgan fingerprint density at radius 3 is 2.35 bits per heavy atom. The summed E-state index contributed by atoms with van der Waals surface area (Å²) in [5.74, 6) is -0.732. The van der Waals surface area contributed by atoms with Gasteiger partial charge in [-0.3, -0.25) is 0 Å². The number of benzene rings is 1. The Morgan fingerprint density at radius 2 is 1.87 bits per heavy atom. The van der Waals surface area contributed by atoms with Crippen molar-refractivity contribution >= 4 is 25.8 Å². The van der Waals surface area contributed by atoms with Gasteiger partial charge in [0.05, 0.1) is 28.1 Å². The van der Waals surface area contributed by atoms with Gasteiger partial charge in [-0.2, -0.15) is 0 Å². The van der Waals surface area contributed by atoms with Gasteiger partial charge in [0.1, 0.15) is 0 Å². The Bertz CT molecular complexity index is 781. The molecule has 0 saturated carbocycles. The minimum Gasteiger partial charge on any atom is -0.459 e. The number of ether oxygens (including phenoxy) is 1. The molecule has 0 aromatic heterocycles. The van der Waals surface area contributed by atoms with Gasteiger partial charge in [-0.25, -0.2) is 26.4 Å². The third-order valence-electron chi connectivity index (χ3n) is 3.30. The summed E-state index contributed by atoms with van der Waals surface area (Å²) in [4.78, 5) is 11.7. The molecule has 0 aliphatic carbocycles. The summed E-state index contributed by atoms with van der Waals surface area (Å²) in [7, 11) is -6.99. The van der Waals surface area contributed by atoms with E-state index >= 15 is 0 Å². The highest BCUT2D eigenvalue weighted by Gasteiger charge is 2.31. The first-order valence-electron chi connectivity index (χ1n) is 7.13. The normalized spacial score (nSPS) is 20.6. The molecule has 7 nitrogen and oxygen atoms in total. The average Bonchev–Trinajstić information content (AvgIpc) is 2.76. The maximum atomic E-state index is 12.2. The summed E-state index contributed by atoms with van der Waals surface area (Å²) in [5, 5.41) is 0. The van der Waals surface area contributed by atoms with Gasteiger partial charge >= 0.3 is 5.97 Å². The molecule has 1 heterocycles. The van der Waals surface area contributed by atoms with Crippen LogP contribution in [0.4, 0.5) is 0 Å². The molecule has 128 valence electrons. The third kappa shape index (κ3) is 4.76. The molecule has 1 fully saturated rings. The minimum absolute atomic E-state index is 0.0137. The van der Waals surface area contributed by atoms with Gasteiger partial charge in [0.15, 0.2) is 9.84 Å². The number of esters is 1. The number of nitrogens with one attached hydrogen (secondary N) is 1. The fourth-order valence-electron chi connectivity index (χ4n) is 2.23. The maximum Gasteiger partial charge on any atom is 0.338 e. The molecular formula is C14H19NO6S2. The molecule has 0 radical (unpaired) electrons. The first-order valence-corrected chi connectivity index (χ1v) is 10.4. The fraction of sp³-hybridized carbons (Fsp3) is 0.500. The largest absolute Gasteiger partial charge is 0.459 e. The van der Waals surface area contributed by atoms with Crippen molar-refractivity contribution in [3.8, 4) is 0 Å². The summed E-state index contributed by atoms with van der Waals surface area (Å²) < 4.78 is 54.6. The van der Waals surface area contributed by atoms with Crippen molar-refractivity contribution in [3.63, 3.8) is 0 Å². The van der Waals surface area contributed by atoms with E-state index < -0.39 is 31.9 Å². The second-order valence-corrected chi connectivity index (χ2v) is 9.64.